The van der Waals surface area contributed by atoms with E-state index in [-0.39, 0.29) is 5.57 Å². The Morgan fingerprint density at radius 3 is 2.62 bits per heavy atom. The second-order valence-corrected chi connectivity index (χ2v) is 3.10. The number of hydrogen-bond donors (Lipinski definition) is 1. The molecule has 2 rings (SSSR count). The minimum Gasteiger partial charge on any atom is -0.478 e. The van der Waals surface area contributed by atoms with Gasteiger partial charge in [0, 0.05) is 6.20 Å². The minimum absolute atomic E-state index is 0.172. The number of carboxylic acid groups (broad SMARTS) is 1. The minimum atomic E-state index is -0.998. The van der Waals surface area contributed by atoms with Crippen molar-refractivity contribution in [3.63, 3.8) is 0 Å². The highest BCUT2D eigenvalue weighted by molar-refractivity contribution is 6.19. The predicted molar refractivity (Wildman–Crippen MR) is 58.3 cm³/mol. The van der Waals surface area contributed by atoms with Crippen LogP contribution in [0, 0.1) is 0 Å². The summed E-state index contributed by atoms with van der Waals surface area (Å²) in [4.78, 5) is 11.1. The van der Waals surface area contributed by atoms with Crippen molar-refractivity contribution in [3.05, 3.63) is 48.3 Å². The van der Waals surface area contributed by atoms with Crippen LogP contribution in [0.25, 0.3) is 11.8 Å². The zero-order valence-electron chi connectivity index (χ0n) is 8.32. The van der Waals surface area contributed by atoms with E-state index in [1.54, 1.807) is 30.5 Å². The van der Waals surface area contributed by atoms with Crippen molar-refractivity contribution in [2.24, 2.45) is 0 Å². The number of hydrogen-bond acceptors (Lipinski definition) is 3. The third-order valence-electron chi connectivity index (χ3n) is 2.02. The van der Waals surface area contributed by atoms with Gasteiger partial charge in [-0.25, -0.2) is 9.48 Å². The highest BCUT2D eigenvalue weighted by Crippen LogP contribution is 2.14. The zero-order chi connectivity index (χ0) is 11.4. The summed E-state index contributed by atoms with van der Waals surface area (Å²) in [6, 6.07) is 8.87. The average molecular weight is 215 g/mol. The van der Waals surface area contributed by atoms with Crippen LogP contribution >= 0.6 is 0 Å². The van der Waals surface area contributed by atoms with Gasteiger partial charge in [0.1, 0.15) is 0 Å². The molecule has 0 saturated carbocycles. The summed E-state index contributed by atoms with van der Waals surface area (Å²) in [6.07, 6.45) is 4.48. The Morgan fingerprint density at radius 1 is 1.31 bits per heavy atom. The lowest BCUT2D eigenvalue weighted by Crippen LogP contribution is -2.02. The number of carboxylic acids is 1. The number of rotatable bonds is 3. The smallest absolute Gasteiger partial charge is 0.337 e. The molecule has 0 radical (unpaired) electrons. The molecule has 1 aromatic heterocycles. The molecule has 0 atom stereocenters. The lowest BCUT2D eigenvalue weighted by atomic mass is 10.1. The van der Waals surface area contributed by atoms with Crippen LogP contribution in [0.5, 0.6) is 0 Å². The van der Waals surface area contributed by atoms with E-state index in [4.69, 9.17) is 5.11 Å². The third-order valence-corrected chi connectivity index (χ3v) is 2.02. The molecule has 1 aromatic carbocycles. The second kappa shape index (κ2) is 4.39. The summed E-state index contributed by atoms with van der Waals surface area (Å²) in [6.45, 7) is 0. The van der Waals surface area contributed by atoms with E-state index >= 15 is 0 Å². The molecule has 0 aliphatic rings. The molecule has 0 saturated heterocycles. The molecule has 1 N–H and O–H groups in total. The van der Waals surface area contributed by atoms with Gasteiger partial charge < -0.3 is 5.11 Å². The first-order valence-electron chi connectivity index (χ1n) is 4.64. The molecule has 0 bridgehead atoms. The monoisotopic (exact) mass is 215 g/mol. The summed E-state index contributed by atoms with van der Waals surface area (Å²) in [5.74, 6) is -0.998. The topological polar surface area (TPSA) is 68.0 Å². The summed E-state index contributed by atoms with van der Waals surface area (Å²) in [7, 11) is 0. The van der Waals surface area contributed by atoms with Gasteiger partial charge in [-0.15, -0.1) is 5.10 Å². The first-order valence-corrected chi connectivity index (χ1v) is 4.64. The molecule has 0 unspecified atom stereocenters. The van der Waals surface area contributed by atoms with E-state index in [1.165, 1.54) is 17.1 Å². The molecule has 1 heterocycles. The zero-order valence-corrected chi connectivity index (χ0v) is 8.32. The molecule has 0 aliphatic heterocycles. The van der Waals surface area contributed by atoms with Crippen molar-refractivity contribution >= 4 is 17.7 Å². The summed E-state index contributed by atoms with van der Waals surface area (Å²) in [5.41, 5.74) is 0.802. The van der Waals surface area contributed by atoms with Crippen LogP contribution in [0.2, 0.25) is 0 Å². The average Bonchev–Trinajstić information content (AvgIpc) is 2.79. The van der Waals surface area contributed by atoms with E-state index in [0.717, 1.165) is 0 Å². The van der Waals surface area contributed by atoms with Crippen molar-refractivity contribution in [3.8, 4) is 0 Å². The van der Waals surface area contributed by atoms with Gasteiger partial charge in [-0.2, -0.15) is 0 Å². The third kappa shape index (κ3) is 2.14. The fourth-order valence-electron chi connectivity index (χ4n) is 1.29. The molecular weight excluding hydrogens is 206 g/mol. The van der Waals surface area contributed by atoms with Gasteiger partial charge in [-0.05, 0) is 5.56 Å². The van der Waals surface area contributed by atoms with Crippen LogP contribution < -0.4 is 0 Å². The lowest BCUT2D eigenvalue weighted by molar-refractivity contribution is -0.130. The predicted octanol–water partition coefficient (Wildman–Crippen LogP) is 1.36. The van der Waals surface area contributed by atoms with Crippen LogP contribution in [-0.4, -0.2) is 26.1 Å². The first-order chi connectivity index (χ1) is 7.77. The van der Waals surface area contributed by atoms with Gasteiger partial charge in [-0.1, -0.05) is 35.5 Å². The number of carbonyl (C=O) groups is 1. The van der Waals surface area contributed by atoms with Crippen molar-refractivity contribution in [2.75, 3.05) is 0 Å². The maximum absolute atomic E-state index is 11.1. The van der Waals surface area contributed by atoms with E-state index in [1.807, 2.05) is 6.07 Å². The number of aromatic nitrogens is 3. The molecule has 0 spiro atoms. The van der Waals surface area contributed by atoms with Crippen molar-refractivity contribution in [1.29, 1.82) is 0 Å². The molecule has 0 aliphatic carbocycles. The fourth-order valence-corrected chi connectivity index (χ4v) is 1.29. The van der Waals surface area contributed by atoms with Gasteiger partial charge in [0.15, 0.2) is 0 Å². The highest BCUT2D eigenvalue weighted by Gasteiger charge is 2.09. The number of aliphatic carboxylic acids is 1. The Kier molecular flexibility index (Phi) is 2.77. The molecular formula is C11H9N3O2. The standard InChI is InChI=1S/C11H9N3O2/c15-11(16)10(8-14-7-6-12-13-14)9-4-2-1-3-5-9/h1-8H,(H,15,16). The normalized spacial score (nSPS) is 11.4. The Morgan fingerprint density at radius 2 is 2.06 bits per heavy atom. The summed E-state index contributed by atoms with van der Waals surface area (Å²) < 4.78 is 1.36. The van der Waals surface area contributed by atoms with Gasteiger partial charge in [-0.3, -0.25) is 0 Å². The largest absolute Gasteiger partial charge is 0.478 e. The van der Waals surface area contributed by atoms with Crippen LogP contribution in [-0.2, 0) is 4.79 Å². The quantitative estimate of drug-likeness (QED) is 0.785. The highest BCUT2D eigenvalue weighted by atomic mass is 16.4. The Labute approximate surface area is 91.6 Å². The van der Waals surface area contributed by atoms with E-state index in [0.29, 0.717) is 5.56 Å². The van der Waals surface area contributed by atoms with Crippen LogP contribution in [0.1, 0.15) is 5.56 Å². The van der Waals surface area contributed by atoms with Crippen LogP contribution in [0.4, 0.5) is 0 Å². The summed E-state index contributed by atoms with van der Waals surface area (Å²) >= 11 is 0. The number of benzene rings is 1. The summed E-state index contributed by atoms with van der Waals surface area (Å²) in [5, 5.41) is 16.4. The maximum atomic E-state index is 11.1. The van der Waals surface area contributed by atoms with Crippen LogP contribution in [0.15, 0.2) is 42.7 Å². The molecule has 80 valence electrons. The second-order valence-electron chi connectivity index (χ2n) is 3.10. The van der Waals surface area contributed by atoms with Gasteiger partial charge >= 0.3 is 5.97 Å². The Hall–Kier alpha value is -2.43. The van der Waals surface area contributed by atoms with Gasteiger partial charge in [0.25, 0.3) is 0 Å². The van der Waals surface area contributed by atoms with E-state index in [2.05, 4.69) is 10.3 Å². The van der Waals surface area contributed by atoms with Crippen LogP contribution in [0.3, 0.4) is 0 Å². The maximum Gasteiger partial charge on any atom is 0.337 e. The Balaban J connectivity index is 2.43. The van der Waals surface area contributed by atoms with E-state index in [9.17, 15) is 4.79 Å². The molecule has 0 amide bonds. The fraction of sp³-hybridized carbons (Fsp3) is 0. The van der Waals surface area contributed by atoms with E-state index < -0.39 is 5.97 Å². The van der Waals surface area contributed by atoms with Crippen molar-refractivity contribution < 1.29 is 9.90 Å². The van der Waals surface area contributed by atoms with Gasteiger partial charge in [0.2, 0.25) is 0 Å². The molecule has 5 nitrogen and oxygen atoms in total. The van der Waals surface area contributed by atoms with Gasteiger partial charge in [0.05, 0.1) is 18.0 Å². The lowest BCUT2D eigenvalue weighted by Gasteiger charge is -2.01. The SMILES string of the molecule is O=C(O)C(=Cn1ccnn1)c1ccccc1. The first kappa shape index (κ1) is 10.1. The Bertz CT molecular complexity index is 503. The molecule has 2 aromatic rings. The van der Waals surface area contributed by atoms with Crippen molar-refractivity contribution in [1.82, 2.24) is 15.0 Å². The van der Waals surface area contributed by atoms with Crippen molar-refractivity contribution in [2.45, 2.75) is 0 Å². The molecule has 0 fully saturated rings. The number of nitrogens with zero attached hydrogens (tertiary/aromatic N) is 3. The molecule has 5 heteroatoms. The molecule has 16 heavy (non-hydrogen) atoms.